The van der Waals surface area contributed by atoms with Gasteiger partial charge in [0.15, 0.2) is 0 Å². The summed E-state index contributed by atoms with van der Waals surface area (Å²) in [4.78, 5) is 1.93. The Morgan fingerprint density at radius 2 is 2.00 bits per heavy atom. The number of benzene rings is 2. The van der Waals surface area contributed by atoms with Gasteiger partial charge < -0.3 is 10.6 Å². The predicted molar refractivity (Wildman–Crippen MR) is 82.1 cm³/mol. The molecule has 0 bridgehead atoms. The van der Waals surface area contributed by atoms with E-state index in [4.69, 9.17) is 17.3 Å². The summed E-state index contributed by atoms with van der Waals surface area (Å²) in [6.07, 6.45) is 0. The number of nitrogen functional groups attached to an aromatic ring is 1. The molecule has 2 aromatic carbocycles. The van der Waals surface area contributed by atoms with Crippen LogP contribution in [0.3, 0.4) is 0 Å². The zero-order valence-electron chi connectivity index (χ0n) is 10.3. The van der Waals surface area contributed by atoms with E-state index in [2.05, 4.69) is 15.9 Å². The van der Waals surface area contributed by atoms with Crippen LogP contribution in [0.1, 0.15) is 5.56 Å². The summed E-state index contributed by atoms with van der Waals surface area (Å²) >= 11 is 9.42. The van der Waals surface area contributed by atoms with Crippen LogP contribution in [-0.2, 0) is 6.54 Å². The Bertz CT molecular complexity index is 604. The van der Waals surface area contributed by atoms with Crippen molar-refractivity contribution >= 4 is 38.9 Å². The van der Waals surface area contributed by atoms with Crippen molar-refractivity contribution in [1.29, 1.82) is 0 Å². The van der Waals surface area contributed by atoms with Gasteiger partial charge in [-0.15, -0.1) is 0 Å². The number of rotatable bonds is 3. The molecule has 0 aromatic heterocycles. The molecule has 0 atom stereocenters. The molecule has 0 saturated heterocycles. The van der Waals surface area contributed by atoms with Crippen LogP contribution >= 0.6 is 27.5 Å². The Hall–Kier alpha value is -1.26. The number of nitrogens with two attached hydrogens (primary N) is 1. The van der Waals surface area contributed by atoms with Gasteiger partial charge in [-0.3, -0.25) is 0 Å². The maximum absolute atomic E-state index is 13.2. The third-order valence-electron chi connectivity index (χ3n) is 2.82. The van der Waals surface area contributed by atoms with E-state index < -0.39 is 0 Å². The van der Waals surface area contributed by atoms with Crippen molar-refractivity contribution in [3.63, 3.8) is 0 Å². The second-order valence-electron chi connectivity index (χ2n) is 4.29. The summed E-state index contributed by atoms with van der Waals surface area (Å²) in [5.41, 5.74) is 8.23. The normalized spacial score (nSPS) is 10.5. The highest BCUT2D eigenvalue weighted by molar-refractivity contribution is 9.10. The molecule has 0 aliphatic rings. The van der Waals surface area contributed by atoms with Crippen LogP contribution in [0, 0.1) is 5.82 Å². The summed E-state index contributed by atoms with van der Waals surface area (Å²) in [7, 11) is 1.89. The minimum atomic E-state index is -0.295. The summed E-state index contributed by atoms with van der Waals surface area (Å²) in [5, 5.41) is 0.545. The second kappa shape index (κ2) is 5.80. The maximum Gasteiger partial charge on any atom is 0.123 e. The highest BCUT2D eigenvalue weighted by Gasteiger charge is 2.09. The smallest absolute Gasteiger partial charge is 0.123 e. The average molecular weight is 344 g/mol. The van der Waals surface area contributed by atoms with E-state index in [1.807, 2.05) is 30.1 Å². The Morgan fingerprint density at radius 1 is 1.26 bits per heavy atom. The van der Waals surface area contributed by atoms with E-state index in [1.165, 1.54) is 12.1 Å². The van der Waals surface area contributed by atoms with E-state index in [-0.39, 0.29) is 5.82 Å². The lowest BCUT2D eigenvalue weighted by Gasteiger charge is -2.22. The molecule has 19 heavy (non-hydrogen) atoms. The number of nitrogens with zero attached hydrogens (tertiary/aromatic N) is 1. The molecule has 0 aliphatic heterocycles. The van der Waals surface area contributed by atoms with Gasteiger partial charge >= 0.3 is 0 Å². The Morgan fingerprint density at radius 3 is 2.68 bits per heavy atom. The first kappa shape index (κ1) is 14.2. The van der Waals surface area contributed by atoms with Crippen molar-refractivity contribution in [2.75, 3.05) is 17.7 Å². The predicted octanol–water partition coefficient (Wildman–Crippen LogP) is 4.46. The first-order valence-corrected chi connectivity index (χ1v) is 6.84. The Kier molecular flexibility index (Phi) is 4.32. The molecule has 0 radical (unpaired) electrons. The third kappa shape index (κ3) is 3.39. The molecule has 2 nitrogen and oxygen atoms in total. The second-order valence-corrected chi connectivity index (χ2v) is 5.62. The van der Waals surface area contributed by atoms with Gasteiger partial charge in [0.05, 0.1) is 11.4 Å². The Labute approximate surface area is 125 Å². The molecular formula is C14H13BrClFN2. The van der Waals surface area contributed by atoms with Crippen LogP contribution in [0.4, 0.5) is 15.8 Å². The van der Waals surface area contributed by atoms with Gasteiger partial charge in [-0.25, -0.2) is 4.39 Å². The molecule has 2 aromatic rings. The molecule has 0 amide bonds. The molecule has 0 saturated carbocycles. The SMILES string of the molecule is CN(Cc1cc(F)ccc1Cl)c1ccc(Br)cc1N. The van der Waals surface area contributed by atoms with Crippen LogP contribution in [0.5, 0.6) is 0 Å². The zero-order chi connectivity index (χ0) is 14.0. The topological polar surface area (TPSA) is 29.3 Å². The molecular weight excluding hydrogens is 331 g/mol. The van der Waals surface area contributed by atoms with Crippen LogP contribution in [0.2, 0.25) is 5.02 Å². The fraction of sp³-hybridized carbons (Fsp3) is 0.143. The third-order valence-corrected chi connectivity index (χ3v) is 3.68. The van der Waals surface area contributed by atoms with Gasteiger partial charge in [0.2, 0.25) is 0 Å². The molecule has 0 spiro atoms. The minimum absolute atomic E-state index is 0.295. The lowest BCUT2D eigenvalue weighted by Crippen LogP contribution is -2.18. The highest BCUT2D eigenvalue weighted by atomic mass is 79.9. The van der Waals surface area contributed by atoms with Gasteiger partial charge in [-0.1, -0.05) is 27.5 Å². The van der Waals surface area contributed by atoms with Crippen LogP contribution < -0.4 is 10.6 Å². The molecule has 2 N–H and O–H groups in total. The lowest BCUT2D eigenvalue weighted by molar-refractivity contribution is 0.625. The molecule has 0 aliphatic carbocycles. The van der Waals surface area contributed by atoms with E-state index >= 15 is 0 Å². The average Bonchev–Trinajstić information content (AvgIpc) is 2.33. The maximum atomic E-state index is 13.2. The summed E-state index contributed by atoms with van der Waals surface area (Å²) in [6, 6.07) is 10.00. The highest BCUT2D eigenvalue weighted by Crippen LogP contribution is 2.28. The first-order valence-electron chi connectivity index (χ1n) is 5.67. The monoisotopic (exact) mass is 342 g/mol. The summed E-state index contributed by atoms with van der Waals surface area (Å²) < 4.78 is 14.1. The van der Waals surface area contributed by atoms with E-state index in [0.29, 0.717) is 17.3 Å². The quantitative estimate of drug-likeness (QED) is 0.834. The standard InChI is InChI=1S/C14H13BrClFN2/c1-19(14-5-2-10(15)7-13(14)18)8-9-6-11(17)3-4-12(9)16/h2-7H,8,18H2,1H3. The van der Waals surface area contributed by atoms with Gasteiger partial charge in [-0.2, -0.15) is 0 Å². The van der Waals surface area contributed by atoms with Crippen molar-refractivity contribution in [2.45, 2.75) is 6.54 Å². The van der Waals surface area contributed by atoms with Gasteiger partial charge in [0.1, 0.15) is 5.82 Å². The fourth-order valence-electron chi connectivity index (χ4n) is 1.88. The van der Waals surface area contributed by atoms with E-state index in [9.17, 15) is 4.39 Å². The molecule has 100 valence electrons. The van der Waals surface area contributed by atoms with E-state index in [1.54, 1.807) is 6.07 Å². The van der Waals surface area contributed by atoms with Crippen molar-refractivity contribution in [1.82, 2.24) is 0 Å². The van der Waals surface area contributed by atoms with E-state index in [0.717, 1.165) is 15.7 Å². The first-order chi connectivity index (χ1) is 8.97. The molecule has 0 unspecified atom stereocenters. The van der Waals surface area contributed by atoms with Crippen LogP contribution in [0.15, 0.2) is 40.9 Å². The van der Waals surface area contributed by atoms with Gasteiger partial charge in [0, 0.05) is 23.1 Å². The van der Waals surface area contributed by atoms with Gasteiger partial charge in [0.25, 0.3) is 0 Å². The molecule has 2 rings (SSSR count). The van der Waals surface area contributed by atoms with Crippen molar-refractivity contribution in [3.05, 3.63) is 57.3 Å². The van der Waals surface area contributed by atoms with Crippen molar-refractivity contribution in [3.8, 4) is 0 Å². The number of halogens is 3. The molecule has 0 heterocycles. The lowest BCUT2D eigenvalue weighted by atomic mass is 10.2. The minimum Gasteiger partial charge on any atom is -0.397 e. The molecule has 5 heteroatoms. The summed E-state index contributed by atoms with van der Waals surface area (Å²) in [5.74, 6) is -0.295. The van der Waals surface area contributed by atoms with Crippen molar-refractivity contribution in [2.24, 2.45) is 0 Å². The number of anilines is 2. The largest absolute Gasteiger partial charge is 0.397 e. The van der Waals surface area contributed by atoms with Gasteiger partial charge in [-0.05, 0) is 42.0 Å². The number of hydrogen-bond donors (Lipinski definition) is 1. The summed E-state index contributed by atoms with van der Waals surface area (Å²) in [6.45, 7) is 0.489. The van der Waals surface area contributed by atoms with Crippen LogP contribution in [-0.4, -0.2) is 7.05 Å². The van der Waals surface area contributed by atoms with Crippen molar-refractivity contribution < 1.29 is 4.39 Å². The Balaban J connectivity index is 2.25. The molecule has 0 fully saturated rings. The zero-order valence-corrected chi connectivity index (χ0v) is 12.7. The number of hydrogen-bond acceptors (Lipinski definition) is 2. The fourth-order valence-corrected chi connectivity index (χ4v) is 2.43. The van der Waals surface area contributed by atoms with Crippen LogP contribution in [0.25, 0.3) is 0 Å².